The number of rotatable bonds is 2. The molecule has 0 aromatic heterocycles. The predicted octanol–water partition coefficient (Wildman–Crippen LogP) is 3.53. The minimum atomic E-state index is -0.992. The van der Waals surface area contributed by atoms with Gasteiger partial charge in [-0.2, -0.15) is 0 Å². The highest BCUT2D eigenvalue weighted by Gasteiger charge is 2.30. The maximum atomic E-state index is 13.6. The van der Waals surface area contributed by atoms with Crippen LogP contribution in [0.15, 0.2) is 12.1 Å². The molecular weight excluding hydrogens is 297 g/mol. The first-order valence-electron chi connectivity index (χ1n) is 7.05. The van der Waals surface area contributed by atoms with Gasteiger partial charge in [0, 0.05) is 31.3 Å². The van der Waals surface area contributed by atoms with Crippen molar-refractivity contribution in [1.82, 2.24) is 4.90 Å². The second kappa shape index (κ2) is 6.06. The second-order valence-electron chi connectivity index (χ2n) is 6.30. The summed E-state index contributed by atoms with van der Waals surface area (Å²) in [5.41, 5.74) is -0.977. The molecule has 1 atom stereocenters. The molecule has 0 saturated carbocycles. The Hall–Kier alpha value is -1.92. The quantitative estimate of drug-likeness (QED) is 0.907. The van der Waals surface area contributed by atoms with Crippen molar-refractivity contribution < 1.29 is 22.7 Å². The Kier molecular flexibility index (Phi) is 4.53. The molecule has 1 unspecified atom stereocenters. The zero-order valence-corrected chi connectivity index (χ0v) is 12.8. The van der Waals surface area contributed by atoms with E-state index in [2.05, 4.69) is 5.32 Å². The van der Waals surface area contributed by atoms with Gasteiger partial charge in [0.05, 0.1) is 0 Å². The number of carbonyl (C=O) groups is 1. The first-order chi connectivity index (χ1) is 10.2. The molecule has 22 heavy (non-hydrogen) atoms. The molecule has 1 amide bonds. The van der Waals surface area contributed by atoms with Gasteiger partial charge in [0.2, 0.25) is 0 Å². The van der Waals surface area contributed by atoms with Crippen LogP contribution in [0, 0.1) is 17.5 Å². The van der Waals surface area contributed by atoms with Crippen LogP contribution in [0.1, 0.15) is 27.2 Å². The van der Waals surface area contributed by atoms with Crippen LogP contribution < -0.4 is 5.32 Å². The number of carbonyl (C=O) groups excluding carboxylic acids is 1. The van der Waals surface area contributed by atoms with Crippen molar-refractivity contribution in [3.63, 3.8) is 0 Å². The molecule has 1 aliphatic rings. The average Bonchev–Trinajstić information content (AvgIpc) is 2.80. The van der Waals surface area contributed by atoms with Crippen LogP contribution >= 0.6 is 0 Å². The third-order valence-electron chi connectivity index (χ3n) is 3.20. The Morgan fingerprint density at radius 2 is 1.86 bits per heavy atom. The monoisotopic (exact) mass is 316 g/mol. The van der Waals surface area contributed by atoms with Gasteiger partial charge in [-0.05, 0) is 27.2 Å². The molecule has 1 fully saturated rings. The molecular formula is C15H19F3N2O2. The summed E-state index contributed by atoms with van der Waals surface area (Å²) in [7, 11) is 0. The van der Waals surface area contributed by atoms with Gasteiger partial charge in [-0.3, -0.25) is 0 Å². The molecule has 7 heteroatoms. The van der Waals surface area contributed by atoms with E-state index in [-0.39, 0.29) is 18.3 Å². The summed E-state index contributed by atoms with van der Waals surface area (Å²) in [6.07, 6.45) is 0.0621. The van der Waals surface area contributed by atoms with E-state index in [9.17, 15) is 18.0 Å². The van der Waals surface area contributed by atoms with Gasteiger partial charge in [-0.25, -0.2) is 18.0 Å². The first kappa shape index (κ1) is 16.5. The van der Waals surface area contributed by atoms with Crippen molar-refractivity contribution in [3.05, 3.63) is 29.6 Å². The standard InChI is InChI=1S/C15H19F3N2O2/c1-15(2,3)22-14(21)20-5-4-10(8-20)19-13-11(17)6-9(16)7-12(13)18/h6-7,10,19H,4-5,8H2,1-3H3. The van der Waals surface area contributed by atoms with Crippen molar-refractivity contribution in [3.8, 4) is 0 Å². The van der Waals surface area contributed by atoms with Gasteiger partial charge in [-0.15, -0.1) is 0 Å². The summed E-state index contributed by atoms with van der Waals surface area (Å²) >= 11 is 0. The Labute approximate surface area is 127 Å². The van der Waals surface area contributed by atoms with E-state index in [1.54, 1.807) is 20.8 Å². The van der Waals surface area contributed by atoms with E-state index in [0.29, 0.717) is 25.1 Å². The lowest BCUT2D eigenvalue weighted by Crippen LogP contribution is -2.36. The fourth-order valence-electron chi connectivity index (χ4n) is 2.25. The number of likely N-dealkylation sites (tertiary alicyclic amines) is 1. The number of nitrogens with zero attached hydrogens (tertiary/aromatic N) is 1. The molecule has 1 N–H and O–H groups in total. The molecule has 0 spiro atoms. The summed E-state index contributed by atoms with van der Waals surface area (Å²) in [5.74, 6) is -2.95. The molecule has 2 rings (SSSR count). The maximum Gasteiger partial charge on any atom is 0.410 e. The van der Waals surface area contributed by atoms with Crippen LogP contribution in [0.3, 0.4) is 0 Å². The molecule has 122 valence electrons. The number of anilines is 1. The van der Waals surface area contributed by atoms with Crippen LogP contribution in [0.25, 0.3) is 0 Å². The van der Waals surface area contributed by atoms with Crippen LogP contribution in [-0.2, 0) is 4.74 Å². The summed E-state index contributed by atoms with van der Waals surface area (Å²) in [5, 5.41) is 2.69. The largest absolute Gasteiger partial charge is 0.444 e. The fourth-order valence-corrected chi connectivity index (χ4v) is 2.25. The number of amides is 1. The molecule has 1 heterocycles. The van der Waals surface area contributed by atoms with E-state index in [4.69, 9.17) is 4.74 Å². The Balaban J connectivity index is 1.99. The normalized spacial score (nSPS) is 18.5. The highest BCUT2D eigenvalue weighted by atomic mass is 19.1. The molecule has 4 nitrogen and oxygen atoms in total. The Bertz CT molecular complexity index is 549. The second-order valence-corrected chi connectivity index (χ2v) is 6.30. The van der Waals surface area contributed by atoms with E-state index < -0.39 is 29.1 Å². The zero-order valence-electron chi connectivity index (χ0n) is 12.8. The topological polar surface area (TPSA) is 41.6 Å². The molecule has 0 bridgehead atoms. The van der Waals surface area contributed by atoms with Crippen molar-refractivity contribution in [2.45, 2.75) is 38.8 Å². The van der Waals surface area contributed by atoms with Gasteiger partial charge >= 0.3 is 6.09 Å². The van der Waals surface area contributed by atoms with Crippen molar-refractivity contribution in [2.24, 2.45) is 0 Å². The number of benzene rings is 1. The Morgan fingerprint density at radius 3 is 2.41 bits per heavy atom. The number of hydrogen-bond donors (Lipinski definition) is 1. The fraction of sp³-hybridized carbons (Fsp3) is 0.533. The van der Waals surface area contributed by atoms with Crippen molar-refractivity contribution in [1.29, 1.82) is 0 Å². The lowest BCUT2D eigenvalue weighted by molar-refractivity contribution is 0.0293. The summed E-state index contributed by atoms with van der Waals surface area (Å²) in [4.78, 5) is 13.4. The summed E-state index contributed by atoms with van der Waals surface area (Å²) in [6.45, 7) is 5.99. The summed E-state index contributed by atoms with van der Waals surface area (Å²) < 4.78 is 45.3. The average molecular weight is 316 g/mol. The van der Waals surface area contributed by atoms with Crippen LogP contribution in [0.2, 0.25) is 0 Å². The minimum Gasteiger partial charge on any atom is -0.444 e. The highest BCUT2D eigenvalue weighted by molar-refractivity contribution is 5.68. The molecule has 1 saturated heterocycles. The van der Waals surface area contributed by atoms with Crippen LogP contribution in [-0.4, -0.2) is 35.7 Å². The molecule has 1 aliphatic heterocycles. The van der Waals surface area contributed by atoms with Crippen LogP contribution in [0.5, 0.6) is 0 Å². The van der Waals surface area contributed by atoms with E-state index in [1.165, 1.54) is 4.90 Å². The smallest absolute Gasteiger partial charge is 0.410 e. The highest BCUT2D eigenvalue weighted by Crippen LogP contribution is 2.24. The van der Waals surface area contributed by atoms with Gasteiger partial charge in [0.25, 0.3) is 0 Å². The lowest BCUT2D eigenvalue weighted by atomic mass is 10.2. The van der Waals surface area contributed by atoms with E-state index in [0.717, 1.165) is 0 Å². The molecule has 0 radical (unpaired) electrons. The van der Waals surface area contributed by atoms with Crippen LogP contribution in [0.4, 0.5) is 23.7 Å². The van der Waals surface area contributed by atoms with Gasteiger partial charge in [0.1, 0.15) is 17.1 Å². The van der Waals surface area contributed by atoms with Gasteiger partial charge < -0.3 is 15.0 Å². The van der Waals surface area contributed by atoms with Gasteiger partial charge in [0.15, 0.2) is 11.6 Å². The maximum absolute atomic E-state index is 13.6. The minimum absolute atomic E-state index is 0.269. The van der Waals surface area contributed by atoms with Crippen molar-refractivity contribution >= 4 is 11.8 Å². The SMILES string of the molecule is CC(C)(C)OC(=O)N1CCC(Nc2c(F)cc(F)cc2F)C1. The van der Waals surface area contributed by atoms with Crippen molar-refractivity contribution in [2.75, 3.05) is 18.4 Å². The molecule has 1 aromatic rings. The first-order valence-corrected chi connectivity index (χ1v) is 7.05. The number of ether oxygens (including phenoxy) is 1. The molecule has 0 aliphatic carbocycles. The number of halogens is 3. The third kappa shape index (κ3) is 4.05. The lowest BCUT2D eigenvalue weighted by Gasteiger charge is -2.24. The van der Waals surface area contributed by atoms with Gasteiger partial charge in [-0.1, -0.05) is 0 Å². The third-order valence-corrected chi connectivity index (χ3v) is 3.20. The van der Waals surface area contributed by atoms with E-state index >= 15 is 0 Å². The summed E-state index contributed by atoms with van der Waals surface area (Å²) in [6, 6.07) is 0.917. The number of nitrogens with one attached hydrogen (secondary N) is 1. The van der Waals surface area contributed by atoms with E-state index in [1.807, 2.05) is 0 Å². The zero-order chi connectivity index (χ0) is 16.5. The number of hydrogen-bond acceptors (Lipinski definition) is 3. The predicted molar refractivity (Wildman–Crippen MR) is 76.2 cm³/mol. The Morgan fingerprint density at radius 1 is 1.27 bits per heavy atom. The molecule has 1 aromatic carbocycles.